The predicted octanol–water partition coefficient (Wildman–Crippen LogP) is 1.10. The maximum atomic E-state index is 12.3. The zero-order valence-corrected chi connectivity index (χ0v) is 13.4. The number of aromatic hydroxyl groups is 1. The van der Waals surface area contributed by atoms with Crippen molar-refractivity contribution >= 4 is 11.9 Å². The quantitative estimate of drug-likeness (QED) is 0.766. The molecule has 0 unspecified atom stereocenters. The molecule has 1 saturated heterocycles. The highest BCUT2D eigenvalue weighted by molar-refractivity contribution is 5.91. The second-order valence-electron chi connectivity index (χ2n) is 5.80. The molecule has 0 saturated carbocycles. The maximum absolute atomic E-state index is 12.3. The second kappa shape index (κ2) is 7.46. The molecule has 1 heterocycles. The van der Waals surface area contributed by atoms with Crippen LogP contribution in [0, 0.1) is 5.92 Å². The summed E-state index contributed by atoms with van der Waals surface area (Å²) in [7, 11) is 1.27. The van der Waals surface area contributed by atoms with Crippen LogP contribution in [0.2, 0.25) is 0 Å². The van der Waals surface area contributed by atoms with Gasteiger partial charge in [-0.3, -0.25) is 9.59 Å². The third-order valence-corrected chi connectivity index (χ3v) is 4.33. The Morgan fingerprint density at radius 1 is 1.30 bits per heavy atom. The average molecular weight is 321 g/mol. The number of aliphatic hydroxyl groups excluding tert-OH is 1. The third kappa shape index (κ3) is 3.64. The van der Waals surface area contributed by atoms with Crippen molar-refractivity contribution in [3.63, 3.8) is 0 Å². The summed E-state index contributed by atoms with van der Waals surface area (Å²) >= 11 is 0. The van der Waals surface area contributed by atoms with E-state index in [0.29, 0.717) is 19.4 Å². The first-order valence-corrected chi connectivity index (χ1v) is 7.83. The molecule has 0 spiro atoms. The van der Waals surface area contributed by atoms with Crippen molar-refractivity contribution in [2.24, 2.45) is 5.92 Å². The molecule has 1 aromatic rings. The number of likely N-dealkylation sites (tertiary alicyclic amines) is 1. The number of methoxy groups -OCH3 is 1. The van der Waals surface area contributed by atoms with Crippen molar-refractivity contribution in [1.82, 2.24) is 4.90 Å². The molecule has 6 nitrogen and oxygen atoms in total. The summed E-state index contributed by atoms with van der Waals surface area (Å²) in [6.07, 6.45) is 0.692. The molecule has 1 aliphatic rings. The van der Waals surface area contributed by atoms with Crippen LogP contribution in [-0.4, -0.2) is 52.8 Å². The monoisotopic (exact) mass is 321 g/mol. The topological polar surface area (TPSA) is 87.1 Å². The Balaban J connectivity index is 2.13. The van der Waals surface area contributed by atoms with E-state index >= 15 is 0 Å². The number of phenolic OH excluding ortho intramolecular Hbond substituents is 1. The van der Waals surface area contributed by atoms with E-state index in [-0.39, 0.29) is 11.8 Å². The summed E-state index contributed by atoms with van der Waals surface area (Å²) in [6.45, 7) is 2.39. The van der Waals surface area contributed by atoms with Gasteiger partial charge in [0, 0.05) is 12.6 Å². The minimum atomic E-state index is -1.33. The molecule has 1 aromatic carbocycles. The van der Waals surface area contributed by atoms with Gasteiger partial charge in [-0.05, 0) is 30.5 Å². The Hall–Kier alpha value is -2.08. The van der Waals surface area contributed by atoms with Gasteiger partial charge in [0.05, 0.1) is 7.11 Å². The van der Waals surface area contributed by atoms with Crippen LogP contribution in [0.25, 0.3) is 0 Å². The van der Waals surface area contributed by atoms with Gasteiger partial charge in [-0.1, -0.05) is 25.5 Å². The molecule has 2 rings (SSSR count). The number of nitrogens with zero attached hydrogens (tertiary/aromatic N) is 1. The van der Waals surface area contributed by atoms with E-state index in [1.807, 2.05) is 6.92 Å². The molecule has 1 fully saturated rings. The van der Waals surface area contributed by atoms with Crippen molar-refractivity contribution in [2.75, 3.05) is 13.7 Å². The zero-order valence-electron chi connectivity index (χ0n) is 13.4. The Morgan fingerprint density at radius 2 is 1.96 bits per heavy atom. The molecule has 0 aliphatic carbocycles. The minimum absolute atomic E-state index is 0.191. The summed E-state index contributed by atoms with van der Waals surface area (Å²) < 4.78 is 4.75. The van der Waals surface area contributed by atoms with Crippen LogP contribution < -0.4 is 0 Å². The Labute approximate surface area is 135 Å². The van der Waals surface area contributed by atoms with Crippen LogP contribution in [0.4, 0.5) is 0 Å². The first-order chi connectivity index (χ1) is 11.0. The maximum Gasteiger partial charge on any atom is 0.313 e. The van der Waals surface area contributed by atoms with Crippen LogP contribution in [0.5, 0.6) is 5.75 Å². The van der Waals surface area contributed by atoms with Crippen LogP contribution >= 0.6 is 0 Å². The first-order valence-electron chi connectivity index (χ1n) is 7.83. The number of carbonyl (C=O) groups is 2. The van der Waals surface area contributed by atoms with E-state index in [1.54, 1.807) is 29.2 Å². The number of amides is 1. The van der Waals surface area contributed by atoms with Crippen molar-refractivity contribution in [2.45, 2.75) is 38.3 Å². The van der Waals surface area contributed by atoms with Gasteiger partial charge >= 0.3 is 5.97 Å². The van der Waals surface area contributed by atoms with Gasteiger partial charge in [-0.25, -0.2) is 0 Å². The number of rotatable bonds is 6. The van der Waals surface area contributed by atoms with E-state index in [4.69, 9.17) is 4.74 Å². The Morgan fingerprint density at radius 3 is 2.52 bits per heavy atom. The molecule has 6 heteroatoms. The number of esters is 1. The first kappa shape index (κ1) is 17.3. The molecule has 23 heavy (non-hydrogen) atoms. The SMILES string of the molecule is CCC[C@H]1[C@H](C(=O)OC)[C@@H](O)C(=O)N1CCc1ccc(O)cc1. The fraction of sp³-hybridized carbons (Fsp3) is 0.529. The van der Waals surface area contributed by atoms with Gasteiger partial charge in [-0.2, -0.15) is 0 Å². The van der Waals surface area contributed by atoms with Crippen molar-refractivity contribution in [3.05, 3.63) is 29.8 Å². The predicted molar refractivity (Wildman–Crippen MR) is 83.7 cm³/mol. The summed E-state index contributed by atoms with van der Waals surface area (Å²) in [4.78, 5) is 25.8. The van der Waals surface area contributed by atoms with E-state index < -0.39 is 23.9 Å². The molecule has 2 N–H and O–H groups in total. The smallest absolute Gasteiger partial charge is 0.313 e. The molecule has 0 aromatic heterocycles. The van der Waals surface area contributed by atoms with Crippen molar-refractivity contribution in [1.29, 1.82) is 0 Å². The lowest BCUT2D eigenvalue weighted by molar-refractivity contribution is -0.150. The van der Waals surface area contributed by atoms with E-state index in [1.165, 1.54) is 7.11 Å². The summed E-state index contributed by atoms with van der Waals surface area (Å²) in [6, 6.07) is 6.43. The highest BCUT2D eigenvalue weighted by atomic mass is 16.5. The molecule has 1 aliphatic heterocycles. The second-order valence-corrected chi connectivity index (χ2v) is 5.80. The fourth-order valence-electron chi connectivity index (χ4n) is 3.13. The number of benzene rings is 1. The highest BCUT2D eigenvalue weighted by Crippen LogP contribution is 2.30. The molecule has 126 valence electrons. The summed E-state index contributed by atoms with van der Waals surface area (Å²) in [5.41, 5.74) is 0.974. The van der Waals surface area contributed by atoms with E-state index in [0.717, 1.165) is 12.0 Å². The Bertz CT molecular complexity index is 557. The standard InChI is InChI=1S/C17H23NO5/c1-3-4-13-14(17(22)23-2)15(20)16(21)18(13)10-9-11-5-7-12(19)8-6-11/h5-8,13-15,19-20H,3-4,9-10H2,1-2H3/t13-,14-,15+/m0/s1. The molecule has 0 bridgehead atoms. The van der Waals surface area contributed by atoms with Crippen LogP contribution in [-0.2, 0) is 20.7 Å². The molecule has 3 atom stereocenters. The van der Waals surface area contributed by atoms with Crippen molar-refractivity contribution in [3.8, 4) is 5.75 Å². The number of aliphatic hydroxyl groups is 1. The number of carbonyl (C=O) groups excluding carboxylic acids is 2. The largest absolute Gasteiger partial charge is 0.508 e. The fourth-order valence-corrected chi connectivity index (χ4v) is 3.13. The van der Waals surface area contributed by atoms with Gasteiger partial charge in [0.15, 0.2) is 0 Å². The van der Waals surface area contributed by atoms with Crippen LogP contribution in [0.3, 0.4) is 0 Å². The summed E-state index contributed by atoms with van der Waals surface area (Å²) in [5, 5.41) is 19.4. The lowest BCUT2D eigenvalue weighted by atomic mass is 9.94. The van der Waals surface area contributed by atoms with Crippen LogP contribution in [0.15, 0.2) is 24.3 Å². The lowest BCUT2D eigenvalue weighted by Gasteiger charge is -2.26. The van der Waals surface area contributed by atoms with Gasteiger partial charge in [0.1, 0.15) is 17.8 Å². The van der Waals surface area contributed by atoms with E-state index in [9.17, 15) is 19.8 Å². The van der Waals surface area contributed by atoms with Gasteiger partial charge in [-0.15, -0.1) is 0 Å². The molecular formula is C17H23NO5. The van der Waals surface area contributed by atoms with E-state index in [2.05, 4.69) is 0 Å². The van der Waals surface area contributed by atoms with Gasteiger partial charge < -0.3 is 19.8 Å². The van der Waals surface area contributed by atoms with Crippen LogP contribution in [0.1, 0.15) is 25.3 Å². The average Bonchev–Trinajstić information content (AvgIpc) is 2.78. The number of ether oxygens (including phenoxy) is 1. The summed E-state index contributed by atoms with van der Waals surface area (Å²) in [5.74, 6) is -1.60. The third-order valence-electron chi connectivity index (χ3n) is 4.33. The number of phenols is 1. The lowest BCUT2D eigenvalue weighted by Crippen LogP contribution is -2.38. The minimum Gasteiger partial charge on any atom is -0.508 e. The molecule has 1 amide bonds. The normalized spacial score (nSPS) is 24.0. The highest BCUT2D eigenvalue weighted by Gasteiger charge is 2.50. The van der Waals surface area contributed by atoms with Gasteiger partial charge in [0.25, 0.3) is 5.91 Å². The number of hydrogen-bond acceptors (Lipinski definition) is 5. The number of hydrogen-bond donors (Lipinski definition) is 2. The Kier molecular flexibility index (Phi) is 5.60. The molecule has 0 radical (unpaired) electrons. The molecular weight excluding hydrogens is 298 g/mol. The van der Waals surface area contributed by atoms with Crippen molar-refractivity contribution < 1.29 is 24.5 Å². The zero-order chi connectivity index (χ0) is 17.0. The van der Waals surface area contributed by atoms with Gasteiger partial charge in [0.2, 0.25) is 0 Å².